The van der Waals surface area contributed by atoms with Gasteiger partial charge in [-0.15, -0.1) is 0 Å². The lowest BCUT2D eigenvalue weighted by Crippen LogP contribution is -2.48. The van der Waals surface area contributed by atoms with Crippen molar-refractivity contribution in [3.8, 4) is 0 Å². The molecule has 1 aromatic heterocycles. The molecule has 4 rings (SSSR count). The number of carbonyl (C=O) groups is 1. The van der Waals surface area contributed by atoms with E-state index >= 15 is 0 Å². The highest BCUT2D eigenvalue weighted by atomic mass is 19.4. The second kappa shape index (κ2) is 8.11. The van der Waals surface area contributed by atoms with E-state index < -0.39 is 66.3 Å². The molecule has 182 valence electrons. The van der Waals surface area contributed by atoms with Crippen molar-refractivity contribution in [2.45, 2.75) is 30.7 Å². The Kier molecular flexibility index (Phi) is 5.66. The van der Waals surface area contributed by atoms with Gasteiger partial charge in [0.25, 0.3) is 17.9 Å². The van der Waals surface area contributed by atoms with Crippen LogP contribution in [0.4, 0.5) is 32.0 Å². The van der Waals surface area contributed by atoms with Gasteiger partial charge < -0.3 is 20.5 Å². The maximum Gasteiger partial charge on any atom is 0.415 e. The first-order chi connectivity index (χ1) is 15.8. The van der Waals surface area contributed by atoms with Gasteiger partial charge in [-0.25, -0.2) is 14.4 Å². The van der Waals surface area contributed by atoms with Crippen LogP contribution in [0.15, 0.2) is 35.6 Å². The van der Waals surface area contributed by atoms with Crippen molar-refractivity contribution in [3.63, 3.8) is 0 Å². The van der Waals surface area contributed by atoms with E-state index in [1.54, 1.807) is 0 Å². The number of amides is 1. The van der Waals surface area contributed by atoms with Gasteiger partial charge in [0.1, 0.15) is 22.7 Å². The zero-order valence-electron chi connectivity index (χ0n) is 17.4. The maximum absolute atomic E-state index is 14.9. The topological polar surface area (TPSA) is 112 Å². The summed E-state index contributed by atoms with van der Waals surface area (Å²) in [6.07, 6.45) is -5.46. The molecule has 1 fully saturated rings. The molecule has 34 heavy (non-hydrogen) atoms. The summed E-state index contributed by atoms with van der Waals surface area (Å²) in [5.41, 5.74) is 2.47. The first-order valence-corrected chi connectivity index (χ1v) is 9.79. The Labute approximate surface area is 188 Å². The number of alkyl halides is 5. The van der Waals surface area contributed by atoms with Crippen molar-refractivity contribution in [1.29, 1.82) is 0 Å². The normalized spacial score (nSPS) is 24.7. The lowest BCUT2D eigenvalue weighted by atomic mass is 9.77. The number of nitrogens with two attached hydrogens (primary N) is 1. The second-order valence-electron chi connectivity index (χ2n) is 7.89. The zero-order valence-corrected chi connectivity index (χ0v) is 17.4. The number of aliphatic imine (C=N–C) groups is 1. The second-order valence-corrected chi connectivity index (χ2v) is 7.89. The molecular weight excluding hydrogens is 472 g/mol. The Morgan fingerprint density at radius 2 is 1.94 bits per heavy atom. The number of fused-ring (bicyclic) bond motifs is 1. The molecule has 3 atom stereocenters. The van der Waals surface area contributed by atoms with Crippen LogP contribution >= 0.6 is 0 Å². The third-order valence-electron chi connectivity index (χ3n) is 5.53. The summed E-state index contributed by atoms with van der Waals surface area (Å²) in [6.45, 7) is -0.525. The number of aromatic nitrogens is 2. The Hall–Kier alpha value is -3.42. The van der Waals surface area contributed by atoms with E-state index in [9.17, 15) is 31.1 Å². The summed E-state index contributed by atoms with van der Waals surface area (Å²) < 4.78 is 91.8. The van der Waals surface area contributed by atoms with E-state index in [0.717, 1.165) is 30.6 Å². The number of carbonyl (C=O) groups excluding carboxylic acids is 1. The minimum atomic E-state index is -4.76. The average Bonchev–Trinajstić information content (AvgIpc) is 3.14. The largest absolute Gasteiger partial charge is 0.465 e. The van der Waals surface area contributed by atoms with Crippen molar-refractivity contribution < 1.29 is 40.6 Å². The van der Waals surface area contributed by atoms with Gasteiger partial charge in [-0.05, 0) is 18.2 Å². The van der Waals surface area contributed by atoms with E-state index in [4.69, 9.17) is 15.2 Å². The molecule has 3 heterocycles. The third-order valence-corrected chi connectivity index (χ3v) is 5.53. The summed E-state index contributed by atoms with van der Waals surface area (Å²) in [4.78, 5) is 23.6. The molecule has 14 heteroatoms. The molecule has 1 amide bonds. The van der Waals surface area contributed by atoms with Crippen LogP contribution in [0.3, 0.4) is 0 Å². The van der Waals surface area contributed by atoms with E-state index in [2.05, 4.69) is 20.3 Å². The number of ether oxygens (including phenoxy) is 2. The molecule has 1 aromatic carbocycles. The standard InChI is InChI=1S/C20H17F6N5O3/c1-18(22,23)14-6-28-13(5-29-14)16(32)30-9-2-3-12(21)10(4-9)19-8-34-15(20(24,25)26)11(19)7-33-17(27)31-19/h2-6,11,15H,7-8H2,1H3,(H2,27,31)(H,30,32)/t11?,15-,19?/m0/s1. The van der Waals surface area contributed by atoms with Crippen molar-refractivity contribution in [2.24, 2.45) is 16.6 Å². The molecule has 2 aromatic rings. The summed E-state index contributed by atoms with van der Waals surface area (Å²) in [6, 6.07) is 2.77. The Morgan fingerprint density at radius 3 is 2.56 bits per heavy atom. The minimum absolute atomic E-state index is 0.0167. The van der Waals surface area contributed by atoms with Gasteiger partial charge in [0.05, 0.1) is 31.5 Å². The lowest BCUT2D eigenvalue weighted by Gasteiger charge is -2.36. The van der Waals surface area contributed by atoms with E-state index in [1.165, 1.54) is 0 Å². The maximum atomic E-state index is 14.9. The molecule has 2 aliphatic heterocycles. The van der Waals surface area contributed by atoms with Crippen LogP contribution in [0.5, 0.6) is 0 Å². The van der Waals surface area contributed by atoms with Crippen LogP contribution < -0.4 is 11.1 Å². The van der Waals surface area contributed by atoms with Crippen molar-refractivity contribution >= 4 is 17.6 Å². The minimum Gasteiger partial charge on any atom is -0.465 e. The van der Waals surface area contributed by atoms with Gasteiger partial charge in [0, 0.05) is 18.2 Å². The quantitative estimate of drug-likeness (QED) is 0.639. The lowest BCUT2D eigenvalue weighted by molar-refractivity contribution is -0.219. The highest BCUT2D eigenvalue weighted by molar-refractivity contribution is 6.02. The number of nitrogens with zero attached hydrogens (tertiary/aromatic N) is 3. The van der Waals surface area contributed by atoms with Gasteiger partial charge in [-0.2, -0.15) is 22.0 Å². The molecular formula is C20H17F6N5O3. The summed E-state index contributed by atoms with van der Waals surface area (Å²) in [7, 11) is 0. The Balaban J connectivity index is 1.66. The van der Waals surface area contributed by atoms with Gasteiger partial charge in [-0.3, -0.25) is 9.78 Å². The molecule has 2 aliphatic rings. The fourth-order valence-corrected chi connectivity index (χ4v) is 3.90. The molecule has 0 bridgehead atoms. The first-order valence-electron chi connectivity index (χ1n) is 9.79. The van der Waals surface area contributed by atoms with Gasteiger partial charge >= 0.3 is 6.18 Å². The predicted octanol–water partition coefficient (Wildman–Crippen LogP) is 3.10. The molecule has 3 N–H and O–H groups in total. The number of rotatable bonds is 4. The monoisotopic (exact) mass is 489 g/mol. The molecule has 0 aliphatic carbocycles. The fraction of sp³-hybridized carbons (Fsp3) is 0.400. The molecule has 8 nitrogen and oxygen atoms in total. The highest BCUT2D eigenvalue weighted by Crippen LogP contribution is 2.50. The fourth-order valence-electron chi connectivity index (χ4n) is 3.90. The van der Waals surface area contributed by atoms with Crippen LogP contribution in [-0.4, -0.2) is 47.4 Å². The van der Waals surface area contributed by atoms with Crippen LogP contribution in [0.2, 0.25) is 0 Å². The van der Waals surface area contributed by atoms with Gasteiger partial charge in [-0.1, -0.05) is 0 Å². The number of nitrogens with one attached hydrogen (secondary N) is 1. The van der Waals surface area contributed by atoms with Crippen molar-refractivity contribution in [3.05, 3.63) is 53.4 Å². The summed E-state index contributed by atoms with van der Waals surface area (Å²) >= 11 is 0. The Morgan fingerprint density at radius 1 is 1.21 bits per heavy atom. The van der Waals surface area contributed by atoms with Gasteiger partial charge in [0.2, 0.25) is 0 Å². The van der Waals surface area contributed by atoms with Crippen molar-refractivity contribution in [1.82, 2.24) is 9.97 Å². The average molecular weight is 489 g/mol. The number of anilines is 1. The van der Waals surface area contributed by atoms with Crippen LogP contribution in [0.25, 0.3) is 0 Å². The van der Waals surface area contributed by atoms with Gasteiger partial charge in [0.15, 0.2) is 6.10 Å². The number of hydrogen-bond donors (Lipinski definition) is 2. The van der Waals surface area contributed by atoms with Crippen LogP contribution in [0.1, 0.15) is 28.7 Å². The summed E-state index contributed by atoms with van der Waals surface area (Å²) in [5.74, 6) is -6.46. The highest BCUT2D eigenvalue weighted by Gasteiger charge is 2.62. The molecule has 1 saturated heterocycles. The van der Waals surface area contributed by atoms with Crippen molar-refractivity contribution in [2.75, 3.05) is 18.5 Å². The number of hydrogen-bond acceptors (Lipinski definition) is 7. The van der Waals surface area contributed by atoms with E-state index in [-0.39, 0.29) is 16.9 Å². The molecule has 0 saturated carbocycles. The van der Waals surface area contributed by atoms with E-state index in [1.807, 2.05) is 0 Å². The van der Waals surface area contributed by atoms with Crippen LogP contribution in [0, 0.1) is 11.7 Å². The number of halogens is 6. The molecule has 0 spiro atoms. The number of amidine groups is 1. The molecule has 2 unspecified atom stereocenters. The predicted molar refractivity (Wildman–Crippen MR) is 104 cm³/mol. The zero-order chi connectivity index (χ0) is 24.9. The first kappa shape index (κ1) is 23.7. The molecule has 0 radical (unpaired) electrons. The van der Waals surface area contributed by atoms with E-state index in [0.29, 0.717) is 6.92 Å². The SMILES string of the molecule is CC(F)(F)c1cnc(C(=O)Nc2ccc(F)c(C34CO[C@H](C(F)(F)F)C3COC(N)=N4)c2)cn1. The van der Waals surface area contributed by atoms with Crippen LogP contribution in [-0.2, 0) is 20.9 Å². The Bertz CT molecular complexity index is 1130. The third kappa shape index (κ3) is 4.24. The summed E-state index contributed by atoms with van der Waals surface area (Å²) in [5, 5.41) is 2.38. The smallest absolute Gasteiger partial charge is 0.415 e. The number of benzene rings is 1.